The van der Waals surface area contributed by atoms with E-state index in [0.29, 0.717) is 17.3 Å². The number of nitrogens with zero attached hydrogens (tertiary/aromatic N) is 3. The van der Waals surface area contributed by atoms with E-state index in [1.807, 2.05) is 11.0 Å². The Hall–Kier alpha value is -1.74. The molecule has 162 valence electrons. The lowest BCUT2D eigenvalue weighted by atomic mass is 10.2. The molecule has 0 spiro atoms. The maximum atomic E-state index is 12.8. The van der Waals surface area contributed by atoms with Crippen molar-refractivity contribution in [1.29, 1.82) is 0 Å². The molecule has 0 atom stereocenters. The highest BCUT2D eigenvalue weighted by molar-refractivity contribution is 7.91. The zero-order chi connectivity index (χ0) is 21.0. The summed E-state index contributed by atoms with van der Waals surface area (Å²) < 4.78 is 27.6. The minimum atomic E-state index is -3.42. The number of sulfonamides is 1. The fourth-order valence-corrected chi connectivity index (χ4v) is 7.10. The van der Waals surface area contributed by atoms with Crippen LogP contribution in [0.25, 0.3) is 0 Å². The van der Waals surface area contributed by atoms with Gasteiger partial charge < -0.3 is 4.90 Å². The lowest BCUT2D eigenvalue weighted by Gasteiger charge is -2.34. The van der Waals surface area contributed by atoms with Gasteiger partial charge in [0.1, 0.15) is 4.21 Å². The zero-order valence-corrected chi connectivity index (χ0v) is 18.8. The van der Waals surface area contributed by atoms with E-state index in [1.165, 1.54) is 16.9 Å². The van der Waals surface area contributed by atoms with Crippen molar-refractivity contribution in [3.05, 3.63) is 52.9 Å². The van der Waals surface area contributed by atoms with Crippen LogP contribution in [0.2, 0.25) is 0 Å². The zero-order valence-electron chi connectivity index (χ0n) is 17.2. The number of piperidine rings is 1. The van der Waals surface area contributed by atoms with Crippen molar-refractivity contribution < 1.29 is 13.2 Å². The van der Waals surface area contributed by atoms with E-state index < -0.39 is 10.0 Å². The molecule has 2 saturated heterocycles. The fraction of sp³-hybridized carbons (Fsp3) is 0.500. The molecule has 3 heterocycles. The molecule has 0 bridgehead atoms. The molecule has 4 rings (SSSR count). The van der Waals surface area contributed by atoms with Crippen LogP contribution in [0.3, 0.4) is 0 Å². The van der Waals surface area contributed by atoms with Gasteiger partial charge in [-0.2, -0.15) is 4.31 Å². The molecule has 2 aromatic rings. The molecule has 6 nitrogen and oxygen atoms in total. The number of amides is 1. The first-order chi connectivity index (χ1) is 14.5. The Morgan fingerprint density at radius 3 is 2.27 bits per heavy atom. The van der Waals surface area contributed by atoms with Crippen LogP contribution in [0.4, 0.5) is 0 Å². The average molecular weight is 448 g/mol. The Bertz CT molecular complexity index is 945. The first-order valence-electron chi connectivity index (χ1n) is 10.7. The van der Waals surface area contributed by atoms with E-state index in [0.717, 1.165) is 56.9 Å². The van der Waals surface area contributed by atoms with E-state index in [-0.39, 0.29) is 12.3 Å². The second kappa shape index (κ2) is 9.60. The van der Waals surface area contributed by atoms with Crippen LogP contribution in [-0.2, 0) is 27.8 Å². The molecule has 2 aliphatic rings. The van der Waals surface area contributed by atoms with E-state index in [4.69, 9.17) is 0 Å². The molecular weight excluding hydrogens is 418 g/mol. The molecule has 0 aliphatic carbocycles. The lowest BCUT2D eigenvalue weighted by molar-refractivity contribution is -0.132. The lowest BCUT2D eigenvalue weighted by Crippen LogP contribution is -2.48. The van der Waals surface area contributed by atoms with Gasteiger partial charge in [-0.15, -0.1) is 11.3 Å². The van der Waals surface area contributed by atoms with E-state index in [1.54, 1.807) is 16.4 Å². The molecule has 2 aliphatic heterocycles. The second-order valence-corrected chi connectivity index (χ2v) is 11.3. The molecule has 2 fully saturated rings. The quantitative estimate of drug-likeness (QED) is 0.683. The smallest absolute Gasteiger partial charge is 0.252 e. The van der Waals surface area contributed by atoms with Gasteiger partial charge in [-0.05, 0) is 30.5 Å². The number of carbonyl (C=O) groups is 1. The van der Waals surface area contributed by atoms with Crippen molar-refractivity contribution in [2.24, 2.45) is 0 Å². The Kier molecular flexibility index (Phi) is 6.87. The van der Waals surface area contributed by atoms with Gasteiger partial charge in [0.25, 0.3) is 10.0 Å². The van der Waals surface area contributed by atoms with E-state index >= 15 is 0 Å². The molecule has 1 aromatic carbocycles. The summed E-state index contributed by atoms with van der Waals surface area (Å²) in [4.78, 5) is 17.8. The molecular formula is C22H29N3O3S2. The third-order valence-electron chi connectivity index (χ3n) is 5.85. The van der Waals surface area contributed by atoms with Crippen LogP contribution in [0.5, 0.6) is 0 Å². The molecule has 0 unspecified atom stereocenters. The number of hydrogen-bond donors (Lipinski definition) is 0. The van der Waals surface area contributed by atoms with Gasteiger partial charge >= 0.3 is 0 Å². The normalized spacial score (nSPS) is 19.1. The van der Waals surface area contributed by atoms with Crippen molar-refractivity contribution in [2.45, 2.75) is 36.4 Å². The molecule has 1 amide bonds. The summed E-state index contributed by atoms with van der Waals surface area (Å²) in [5, 5.41) is 0. The average Bonchev–Trinajstić information content (AvgIpc) is 3.25. The topological polar surface area (TPSA) is 60.9 Å². The summed E-state index contributed by atoms with van der Waals surface area (Å²) in [7, 11) is -3.42. The van der Waals surface area contributed by atoms with Crippen LogP contribution in [-0.4, -0.2) is 67.7 Å². The van der Waals surface area contributed by atoms with Gasteiger partial charge in [0.2, 0.25) is 5.91 Å². The predicted molar refractivity (Wildman–Crippen MR) is 119 cm³/mol. The first kappa shape index (κ1) is 21.5. The summed E-state index contributed by atoms with van der Waals surface area (Å²) in [6.07, 6.45) is 3.21. The van der Waals surface area contributed by atoms with Crippen LogP contribution in [0.15, 0.2) is 46.7 Å². The van der Waals surface area contributed by atoms with Crippen LogP contribution >= 0.6 is 11.3 Å². The maximum Gasteiger partial charge on any atom is 0.252 e. The number of benzene rings is 1. The molecule has 0 radical (unpaired) electrons. The summed E-state index contributed by atoms with van der Waals surface area (Å²) >= 11 is 1.24. The SMILES string of the molecule is O=C(Cc1ccc(S(=O)(=O)N2CCCCC2)s1)N1CCN(Cc2ccccc2)CC1. The van der Waals surface area contributed by atoms with Crippen molar-refractivity contribution in [1.82, 2.24) is 14.1 Å². The maximum absolute atomic E-state index is 12.8. The molecule has 0 saturated carbocycles. The predicted octanol–water partition coefficient (Wildman–Crippen LogP) is 2.81. The van der Waals surface area contributed by atoms with Crippen molar-refractivity contribution >= 4 is 27.3 Å². The Morgan fingerprint density at radius 2 is 1.57 bits per heavy atom. The third kappa shape index (κ3) is 5.11. The highest BCUT2D eigenvalue weighted by atomic mass is 32.2. The molecule has 30 heavy (non-hydrogen) atoms. The van der Waals surface area contributed by atoms with E-state index in [9.17, 15) is 13.2 Å². The summed E-state index contributed by atoms with van der Waals surface area (Å²) in [5.74, 6) is 0.0816. The minimum Gasteiger partial charge on any atom is -0.340 e. The van der Waals surface area contributed by atoms with Gasteiger partial charge in [-0.1, -0.05) is 36.8 Å². The van der Waals surface area contributed by atoms with Crippen LogP contribution in [0, 0.1) is 0 Å². The number of thiophene rings is 1. The summed E-state index contributed by atoms with van der Waals surface area (Å²) in [5.41, 5.74) is 1.29. The molecule has 0 N–H and O–H groups in total. The standard InChI is InChI=1S/C22H29N3O3S2/c26-21(24-15-13-23(14-16-24)18-19-7-3-1-4-8-19)17-20-9-10-22(29-20)30(27,28)25-11-5-2-6-12-25/h1,3-4,7-10H,2,5-6,11-18H2. The number of piperazine rings is 1. The Labute approximate surface area is 183 Å². The van der Waals surface area contributed by atoms with Gasteiger partial charge in [0.05, 0.1) is 6.42 Å². The largest absolute Gasteiger partial charge is 0.340 e. The van der Waals surface area contributed by atoms with Gasteiger partial charge in [0, 0.05) is 50.7 Å². The Morgan fingerprint density at radius 1 is 0.867 bits per heavy atom. The van der Waals surface area contributed by atoms with Crippen molar-refractivity contribution in [2.75, 3.05) is 39.3 Å². The van der Waals surface area contributed by atoms with Crippen molar-refractivity contribution in [3.63, 3.8) is 0 Å². The highest BCUT2D eigenvalue weighted by Crippen LogP contribution is 2.27. The van der Waals surface area contributed by atoms with Gasteiger partial charge in [0.15, 0.2) is 0 Å². The highest BCUT2D eigenvalue weighted by Gasteiger charge is 2.28. The number of hydrogen-bond acceptors (Lipinski definition) is 5. The van der Waals surface area contributed by atoms with Crippen LogP contribution < -0.4 is 0 Å². The monoisotopic (exact) mass is 447 g/mol. The second-order valence-electron chi connectivity index (χ2n) is 8.00. The first-order valence-corrected chi connectivity index (χ1v) is 12.9. The molecule has 8 heteroatoms. The summed E-state index contributed by atoms with van der Waals surface area (Å²) in [6.45, 7) is 5.26. The third-order valence-corrected chi connectivity index (χ3v) is 9.30. The fourth-order valence-electron chi connectivity index (χ4n) is 4.08. The van der Waals surface area contributed by atoms with Gasteiger partial charge in [-0.3, -0.25) is 9.69 Å². The van der Waals surface area contributed by atoms with Gasteiger partial charge in [-0.25, -0.2) is 8.42 Å². The number of carbonyl (C=O) groups excluding carboxylic acids is 1. The van der Waals surface area contributed by atoms with Crippen LogP contribution in [0.1, 0.15) is 29.7 Å². The Balaban J connectivity index is 1.30. The van der Waals surface area contributed by atoms with Crippen molar-refractivity contribution in [3.8, 4) is 0 Å². The molecule has 1 aromatic heterocycles. The van der Waals surface area contributed by atoms with E-state index in [2.05, 4.69) is 29.2 Å². The minimum absolute atomic E-state index is 0.0816. The summed E-state index contributed by atoms with van der Waals surface area (Å²) in [6, 6.07) is 13.8. The number of rotatable bonds is 6.